The van der Waals surface area contributed by atoms with E-state index in [1.165, 1.54) is 8.80 Å². The predicted octanol–water partition coefficient (Wildman–Crippen LogP) is 16.2. The van der Waals surface area contributed by atoms with Crippen LogP contribution in [0.3, 0.4) is 0 Å². The van der Waals surface area contributed by atoms with Gasteiger partial charge in [-0.15, -0.1) is 0 Å². The average molecular weight is 1500 g/mol. The summed E-state index contributed by atoms with van der Waals surface area (Å²) in [5, 5.41) is 14.2. The van der Waals surface area contributed by atoms with Crippen molar-refractivity contribution in [3.05, 3.63) is 251 Å². The Morgan fingerprint density at radius 2 is 0.583 bits per heavy atom. The largest absolute Gasteiger partial charge is 0.386 e. The molecule has 2 aliphatic carbocycles. The van der Waals surface area contributed by atoms with Crippen molar-refractivity contribution >= 4 is 252 Å². The maximum absolute atomic E-state index is 14.9. The fourth-order valence-electron chi connectivity index (χ4n) is 16.2. The van der Waals surface area contributed by atoms with Gasteiger partial charge in [-0.3, -0.25) is 37.6 Å². The van der Waals surface area contributed by atoms with Crippen LogP contribution in [-0.4, -0.2) is 65.8 Å². The Kier molecular flexibility index (Phi) is 10.2. The molecule has 0 spiro atoms. The van der Waals surface area contributed by atoms with Gasteiger partial charge in [0.15, 0.2) is 23.1 Å². The van der Waals surface area contributed by atoms with Crippen LogP contribution in [0.15, 0.2) is 173 Å². The first-order chi connectivity index (χ1) is 46.5. The number of aromatic nitrogens is 4. The van der Waals surface area contributed by atoms with Crippen LogP contribution in [0, 0.1) is 0 Å². The molecular weight excluding hydrogens is 1480 g/mol. The van der Waals surface area contributed by atoms with E-state index in [1.54, 1.807) is 109 Å². The molecule has 0 atom stereocenters. The molecule has 22 rings (SSSR count). The highest BCUT2D eigenvalue weighted by Gasteiger charge is 2.38. The number of esters is 4. The number of cyclic esters (lactones) is 4. The van der Waals surface area contributed by atoms with Crippen LogP contribution in [0.2, 0.25) is 0 Å². The number of carbonyl (C=O) groups excluding carboxylic acids is 8. The van der Waals surface area contributed by atoms with Gasteiger partial charge in [0.2, 0.25) is 0 Å². The van der Waals surface area contributed by atoms with Gasteiger partial charge < -0.3 is 9.47 Å². The number of imidazole rings is 2. The quantitative estimate of drug-likeness (QED) is 0.0596. The molecule has 18 aromatic rings. The summed E-state index contributed by atoms with van der Waals surface area (Å²) in [5.74, 6) is -3.95. The van der Waals surface area contributed by atoms with Gasteiger partial charge in [0.05, 0.1) is 55.2 Å². The number of halogens is 4. The van der Waals surface area contributed by atoms with Gasteiger partial charge in [-0.1, -0.05) is 137 Å². The highest BCUT2D eigenvalue weighted by molar-refractivity contribution is 9.11. The fourth-order valence-corrected chi connectivity index (χ4v) is 18.8. The number of ketones is 4. The van der Waals surface area contributed by atoms with E-state index in [1.807, 2.05) is 36.4 Å². The minimum absolute atomic E-state index is 0.182. The van der Waals surface area contributed by atoms with Crippen LogP contribution in [0.1, 0.15) is 105 Å². The summed E-state index contributed by atoms with van der Waals surface area (Å²) in [5.41, 5.74) is 4.90. The van der Waals surface area contributed by atoms with E-state index in [0.29, 0.717) is 128 Å². The molecule has 0 amide bonds. The highest BCUT2D eigenvalue weighted by Crippen LogP contribution is 2.53. The maximum atomic E-state index is 14.9. The summed E-state index contributed by atoms with van der Waals surface area (Å²) in [6.45, 7) is 0. The van der Waals surface area contributed by atoms with Gasteiger partial charge in [-0.05, 0) is 94.3 Å². The van der Waals surface area contributed by atoms with Gasteiger partial charge >= 0.3 is 23.9 Å². The van der Waals surface area contributed by atoms with Gasteiger partial charge in [0.1, 0.15) is 22.3 Å². The molecule has 0 N–H and O–H groups in total. The van der Waals surface area contributed by atoms with Crippen molar-refractivity contribution in [3.8, 4) is 0 Å². The Morgan fingerprint density at radius 3 is 0.969 bits per heavy atom. The fraction of sp³-hybridized carbons (Fsp3) is 0. The van der Waals surface area contributed by atoms with Crippen LogP contribution in [-0.2, 0) is 9.47 Å². The summed E-state index contributed by atoms with van der Waals surface area (Å²) >= 11 is 14.9. The van der Waals surface area contributed by atoms with Crippen molar-refractivity contribution < 1.29 is 47.8 Å². The molecule has 0 saturated carbocycles. The molecule has 96 heavy (non-hydrogen) atoms. The number of nitrogens with zero attached hydrogens (tertiary/aromatic N) is 4. The zero-order valence-corrected chi connectivity index (χ0v) is 54.4. The van der Waals surface area contributed by atoms with Gasteiger partial charge in [0, 0.05) is 127 Å². The molecule has 0 saturated heterocycles. The molecule has 20 heteroatoms. The molecule has 4 aliphatic rings. The van der Waals surface area contributed by atoms with E-state index in [2.05, 4.69) is 63.7 Å². The number of ether oxygens (including phenoxy) is 2. The smallest absolute Gasteiger partial charge is 0.346 e. The lowest BCUT2D eigenvalue weighted by Gasteiger charge is -2.24. The molecule has 4 aromatic heterocycles. The first kappa shape index (κ1) is 54.3. The number of rotatable bonds is 0. The molecule has 0 bridgehead atoms. The Bertz CT molecular complexity index is 6860. The van der Waals surface area contributed by atoms with Gasteiger partial charge in [-0.2, -0.15) is 0 Å². The Hall–Kier alpha value is -11.2. The lowest BCUT2D eigenvalue weighted by atomic mass is 9.83. The van der Waals surface area contributed by atoms with Crippen LogP contribution >= 0.6 is 63.7 Å². The molecule has 0 fully saturated rings. The second kappa shape index (κ2) is 18.0. The number of hydrogen-bond acceptors (Lipinski definition) is 14. The highest BCUT2D eigenvalue weighted by atomic mass is 79.9. The van der Waals surface area contributed by atoms with Crippen molar-refractivity contribution in [1.82, 2.24) is 18.8 Å². The first-order valence-electron chi connectivity index (χ1n) is 29.8. The second-order valence-corrected chi connectivity index (χ2v) is 27.8. The molecule has 0 radical (unpaired) electrons. The van der Waals surface area contributed by atoms with E-state index in [9.17, 15) is 47.9 Å². The maximum Gasteiger partial charge on any atom is 0.346 e. The number of carbonyl (C=O) groups is 8. The minimum atomic E-state index is -0.699. The van der Waals surface area contributed by atoms with Crippen LogP contribution < -0.4 is 11.1 Å². The molecule has 0 unspecified atom stereocenters. The van der Waals surface area contributed by atoms with Crippen LogP contribution in [0.5, 0.6) is 0 Å². The SMILES string of the molecule is O=C1OC(=O)c2cc(Br)c3c4ccc5c6c(cc(Br)c(c7ccc1c2c73)c64)C(=O)OC5=O.O=C1c2ccccc2C(=O)c2c1ccc1c2nc2c3ccc4c5c(Br)cc6c(=O)n7c8ccc9c(c8nc7c7ccc(c8c(Br)cc(c(=O)n12)c3c48)c5c67)C(=O)c1ccccc1C9=O. The summed E-state index contributed by atoms with van der Waals surface area (Å²) in [6, 6.07) is 41.8. The molecular formula is C76H24Br4N4O12. The number of hydrogen-bond donors (Lipinski definition) is 0. The monoisotopic (exact) mass is 1500 g/mol. The standard InChI is InChI=1S/C52H18Br2N4O6.C24H6Br2O6/c53-31-17-29-35-27(49-55-43-33(57(49)51(29)63)15-13-25-41(43)47(61)21-7-3-1-5-19(21)45(25)59)11-9-23-38-32(54)18-30-36-28(12-10-24(40(36)38)37(31)39(23)35)50-56-44-34(58(50)52(30)64)16-14-26-42(44)48(62)22-8-4-2-6-20(22)46(26)60;25-13-5-12-16-10(22(28)32-24(12)30)4-2-8-18-14(26)6-11-15-9(21(27)31-23(11)29)3-1-7(19(15)18)17(13)20(8)16/h1-18H;1-6H. The summed E-state index contributed by atoms with van der Waals surface area (Å²) in [4.78, 5) is 145. The zero-order valence-electron chi connectivity index (χ0n) is 48.1. The van der Waals surface area contributed by atoms with E-state index < -0.39 is 23.9 Å². The van der Waals surface area contributed by atoms with Crippen molar-refractivity contribution in [2.24, 2.45) is 0 Å². The molecule has 16 nitrogen and oxygen atoms in total. The summed E-state index contributed by atoms with van der Waals surface area (Å²) < 4.78 is 15.5. The molecule has 14 aromatic carbocycles. The lowest BCUT2D eigenvalue weighted by Crippen LogP contribution is -2.21. The Labute approximate surface area is 565 Å². The predicted molar refractivity (Wildman–Crippen MR) is 375 cm³/mol. The van der Waals surface area contributed by atoms with Crippen LogP contribution in [0.25, 0.3) is 141 Å². The molecule has 2 aliphatic heterocycles. The van der Waals surface area contributed by atoms with E-state index in [-0.39, 0.29) is 67.5 Å². The normalized spacial score (nSPS) is 14.5. The first-order valence-corrected chi connectivity index (χ1v) is 32.9. The lowest BCUT2D eigenvalue weighted by molar-refractivity contribution is 0.0373. The van der Waals surface area contributed by atoms with Gasteiger partial charge in [0.25, 0.3) is 11.1 Å². The second-order valence-electron chi connectivity index (χ2n) is 24.4. The Morgan fingerprint density at radius 1 is 0.271 bits per heavy atom. The minimum Gasteiger partial charge on any atom is -0.386 e. The topological polar surface area (TPSA) is 224 Å². The molecule has 448 valence electrons. The molecule has 6 heterocycles. The van der Waals surface area contributed by atoms with Crippen molar-refractivity contribution in [2.45, 2.75) is 0 Å². The zero-order chi connectivity index (χ0) is 65.0. The summed E-state index contributed by atoms with van der Waals surface area (Å²) in [7, 11) is 0. The van der Waals surface area contributed by atoms with E-state index in [0.717, 1.165) is 64.6 Å². The number of benzene rings is 14. The third-order valence-electron chi connectivity index (χ3n) is 20.0. The third-order valence-corrected chi connectivity index (χ3v) is 22.5. The number of pyridine rings is 2. The van der Waals surface area contributed by atoms with E-state index in [4.69, 9.17) is 19.4 Å². The van der Waals surface area contributed by atoms with E-state index >= 15 is 0 Å². The van der Waals surface area contributed by atoms with Gasteiger partial charge in [-0.25, -0.2) is 29.1 Å². The van der Waals surface area contributed by atoms with Crippen LogP contribution in [0.4, 0.5) is 0 Å². The van der Waals surface area contributed by atoms with Crippen molar-refractivity contribution in [1.29, 1.82) is 0 Å². The summed E-state index contributed by atoms with van der Waals surface area (Å²) in [6.07, 6.45) is 0. The Balaban J connectivity index is 0.000000160. The third kappa shape index (κ3) is 6.30. The van der Waals surface area contributed by atoms with Crippen molar-refractivity contribution in [2.75, 3.05) is 0 Å². The average Bonchev–Trinajstić information content (AvgIpc) is 1.06. The van der Waals surface area contributed by atoms with Crippen molar-refractivity contribution in [3.63, 3.8) is 0 Å². The number of fused-ring (bicyclic) bond motifs is 18.